The first-order valence-electron chi connectivity index (χ1n) is 4.21. The van der Waals surface area contributed by atoms with Gasteiger partial charge in [0, 0.05) is 6.07 Å². The minimum atomic E-state index is -1.08. The minimum Gasteiger partial charge on any atom is -0.480 e. The Balaban J connectivity index is 2.77. The summed E-state index contributed by atoms with van der Waals surface area (Å²) >= 11 is 3.08. The molecule has 1 aromatic rings. The fourth-order valence-corrected chi connectivity index (χ4v) is 1.48. The Morgan fingerprint density at radius 2 is 2.20 bits per heavy atom. The molecular formula is C9H10BrNO4. The number of carbonyl (C=O) groups is 2. The van der Waals surface area contributed by atoms with Crippen LogP contribution in [0, 0.1) is 6.92 Å². The molecule has 82 valence electrons. The Morgan fingerprint density at radius 1 is 1.60 bits per heavy atom. The molecule has 0 saturated carbocycles. The van der Waals surface area contributed by atoms with Gasteiger partial charge in [0.25, 0.3) is 5.91 Å². The van der Waals surface area contributed by atoms with Gasteiger partial charge in [0.15, 0.2) is 4.67 Å². The summed E-state index contributed by atoms with van der Waals surface area (Å²) in [5, 5.41) is 10.9. The third kappa shape index (κ3) is 2.82. The number of rotatable bonds is 3. The van der Waals surface area contributed by atoms with Crippen molar-refractivity contribution in [2.45, 2.75) is 19.9 Å². The van der Waals surface area contributed by atoms with Crippen molar-refractivity contribution in [2.75, 3.05) is 0 Å². The third-order valence-electron chi connectivity index (χ3n) is 1.85. The number of carboxylic acids is 1. The van der Waals surface area contributed by atoms with Crippen LogP contribution in [0.5, 0.6) is 0 Å². The second-order valence-corrected chi connectivity index (χ2v) is 3.84. The van der Waals surface area contributed by atoms with Gasteiger partial charge in [0.1, 0.15) is 11.8 Å². The second kappa shape index (κ2) is 4.48. The summed E-state index contributed by atoms with van der Waals surface area (Å²) in [6, 6.07) is 0.574. The van der Waals surface area contributed by atoms with E-state index >= 15 is 0 Å². The highest BCUT2D eigenvalue weighted by molar-refractivity contribution is 9.10. The number of amides is 1. The Morgan fingerprint density at radius 3 is 2.60 bits per heavy atom. The topological polar surface area (TPSA) is 79.5 Å². The summed E-state index contributed by atoms with van der Waals surface area (Å²) in [7, 11) is 0. The first-order chi connectivity index (χ1) is 6.91. The smallest absolute Gasteiger partial charge is 0.325 e. The Hall–Kier alpha value is -1.30. The van der Waals surface area contributed by atoms with Crippen LogP contribution in [0.25, 0.3) is 0 Å². The van der Waals surface area contributed by atoms with Gasteiger partial charge >= 0.3 is 5.97 Å². The first-order valence-corrected chi connectivity index (χ1v) is 5.00. The van der Waals surface area contributed by atoms with Crippen LogP contribution >= 0.6 is 15.9 Å². The van der Waals surface area contributed by atoms with Crippen LogP contribution in [0.15, 0.2) is 15.2 Å². The molecular weight excluding hydrogens is 266 g/mol. The molecule has 1 aromatic heterocycles. The molecule has 0 bridgehead atoms. The summed E-state index contributed by atoms with van der Waals surface area (Å²) in [5.41, 5.74) is 0.329. The SMILES string of the molecule is Cc1oc(Br)cc1C(=O)NC(C)C(=O)O. The first kappa shape index (κ1) is 11.8. The summed E-state index contributed by atoms with van der Waals surface area (Å²) < 4.78 is 5.52. The maximum atomic E-state index is 11.5. The molecule has 2 N–H and O–H groups in total. The molecule has 1 atom stereocenters. The highest BCUT2D eigenvalue weighted by atomic mass is 79.9. The zero-order valence-electron chi connectivity index (χ0n) is 8.20. The van der Waals surface area contributed by atoms with E-state index in [0.717, 1.165) is 0 Å². The quantitative estimate of drug-likeness (QED) is 0.877. The standard InChI is InChI=1S/C9H10BrNO4/c1-4(9(13)14)11-8(12)6-3-7(10)15-5(6)2/h3-4H,1-2H3,(H,11,12)(H,13,14). The maximum Gasteiger partial charge on any atom is 0.325 e. The van der Waals surface area contributed by atoms with Crippen LogP contribution in [0.2, 0.25) is 0 Å². The van der Waals surface area contributed by atoms with Crippen LogP contribution < -0.4 is 5.32 Å². The Bertz CT molecular complexity index is 399. The normalized spacial score (nSPS) is 12.2. The van der Waals surface area contributed by atoms with E-state index in [2.05, 4.69) is 21.2 Å². The highest BCUT2D eigenvalue weighted by Crippen LogP contribution is 2.19. The van der Waals surface area contributed by atoms with E-state index in [1.54, 1.807) is 6.92 Å². The number of nitrogens with one attached hydrogen (secondary N) is 1. The molecule has 0 spiro atoms. The van der Waals surface area contributed by atoms with E-state index in [1.165, 1.54) is 13.0 Å². The molecule has 1 amide bonds. The largest absolute Gasteiger partial charge is 0.480 e. The highest BCUT2D eigenvalue weighted by Gasteiger charge is 2.18. The van der Waals surface area contributed by atoms with Crippen molar-refractivity contribution in [1.29, 1.82) is 0 Å². The van der Waals surface area contributed by atoms with Gasteiger partial charge in [-0.15, -0.1) is 0 Å². The molecule has 6 heteroatoms. The Labute approximate surface area is 94.6 Å². The zero-order chi connectivity index (χ0) is 11.6. The van der Waals surface area contributed by atoms with E-state index in [0.29, 0.717) is 16.0 Å². The molecule has 0 aliphatic heterocycles. The van der Waals surface area contributed by atoms with Gasteiger partial charge in [-0.3, -0.25) is 9.59 Å². The van der Waals surface area contributed by atoms with E-state index in [1.807, 2.05) is 0 Å². The fraction of sp³-hybridized carbons (Fsp3) is 0.333. The van der Waals surface area contributed by atoms with Crippen molar-refractivity contribution in [2.24, 2.45) is 0 Å². The predicted molar refractivity (Wildman–Crippen MR) is 55.7 cm³/mol. The number of aryl methyl sites for hydroxylation is 1. The fourth-order valence-electron chi connectivity index (χ4n) is 1.01. The summed E-state index contributed by atoms with van der Waals surface area (Å²) in [6.07, 6.45) is 0. The lowest BCUT2D eigenvalue weighted by molar-refractivity contribution is -0.138. The lowest BCUT2D eigenvalue weighted by Crippen LogP contribution is -2.38. The van der Waals surface area contributed by atoms with E-state index in [4.69, 9.17) is 9.52 Å². The molecule has 5 nitrogen and oxygen atoms in total. The third-order valence-corrected chi connectivity index (χ3v) is 2.24. The molecule has 0 fully saturated rings. The number of hydrogen-bond donors (Lipinski definition) is 2. The number of carbonyl (C=O) groups excluding carboxylic acids is 1. The van der Waals surface area contributed by atoms with Crippen molar-refractivity contribution >= 4 is 27.8 Å². The van der Waals surface area contributed by atoms with Gasteiger partial charge in [-0.25, -0.2) is 0 Å². The van der Waals surface area contributed by atoms with Gasteiger partial charge in [-0.2, -0.15) is 0 Å². The molecule has 1 heterocycles. The summed E-state index contributed by atoms with van der Waals surface area (Å²) in [5.74, 6) is -1.10. The van der Waals surface area contributed by atoms with Crippen LogP contribution in [-0.2, 0) is 4.79 Å². The molecule has 0 aliphatic carbocycles. The maximum absolute atomic E-state index is 11.5. The number of halogens is 1. The molecule has 1 rings (SSSR count). The lowest BCUT2D eigenvalue weighted by atomic mass is 10.2. The van der Waals surface area contributed by atoms with Crippen LogP contribution in [-0.4, -0.2) is 23.0 Å². The monoisotopic (exact) mass is 275 g/mol. The van der Waals surface area contributed by atoms with Gasteiger partial charge in [-0.1, -0.05) is 0 Å². The van der Waals surface area contributed by atoms with Crippen molar-refractivity contribution in [3.63, 3.8) is 0 Å². The summed E-state index contributed by atoms with van der Waals surface area (Å²) in [4.78, 5) is 22.0. The van der Waals surface area contributed by atoms with Crippen LogP contribution in [0.4, 0.5) is 0 Å². The van der Waals surface area contributed by atoms with E-state index < -0.39 is 17.9 Å². The van der Waals surface area contributed by atoms with Gasteiger partial charge in [-0.05, 0) is 29.8 Å². The number of carboxylic acid groups (broad SMARTS) is 1. The van der Waals surface area contributed by atoms with E-state index in [9.17, 15) is 9.59 Å². The zero-order valence-corrected chi connectivity index (χ0v) is 9.79. The average molecular weight is 276 g/mol. The predicted octanol–water partition coefficient (Wildman–Crippen LogP) is 1.55. The van der Waals surface area contributed by atoms with Crippen molar-refractivity contribution in [3.8, 4) is 0 Å². The number of hydrogen-bond acceptors (Lipinski definition) is 3. The average Bonchev–Trinajstić information content (AvgIpc) is 2.44. The minimum absolute atomic E-state index is 0.329. The van der Waals surface area contributed by atoms with Crippen molar-refractivity contribution < 1.29 is 19.1 Å². The second-order valence-electron chi connectivity index (χ2n) is 3.05. The van der Waals surface area contributed by atoms with Crippen LogP contribution in [0.3, 0.4) is 0 Å². The molecule has 15 heavy (non-hydrogen) atoms. The van der Waals surface area contributed by atoms with Gasteiger partial charge in [0.05, 0.1) is 5.56 Å². The van der Waals surface area contributed by atoms with Gasteiger partial charge in [0.2, 0.25) is 0 Å². The van der Waals surface area contributed by atoms with Gasteiger partial charge < -0.3 is 14.8 Å². The number of furan rings is 1. The lowest BCUT2D eigenvalue weighted by Gasteiger charge is -2.07. The van der Waals surface area contributed by atoms with Crippen molar-refractivity contribution in [1.82, 2.24) is 5.32 Å². The Kier molecular flexibility index (Phi) is 3.52. The van der Waals surface area contributed by atoms with Crippen LogP contribution in [0.1, 0.15) is 23.0 Å². The molecule has 0 radical (unpaired) electrons. The molecule has 0 aromatic carbocycles. The molecule has 1 unspecified atom stereocenters. The van der Waals surface area contributed by atoms with E-state index in [-0.39, 0.29) is 0 Å². The molecule has 0 aliphatic rings. The number of aliphatic carboxylic acids is 1. The van der Waals surface area contributed by atoms with Crippen molar-refractivity contribution in [3.05, 3.63) is 22.1 Å². The summed E-state index contributed by atoms with van der Waals surface area (Å²) in [6.45, 7) is 3.02. The molecule has 0 saturated heterocycles.